The molecule has 0 aliphatic carbocycles. The largest absolute Gasteiger partial charge is 0.370 e. The second-order valence-electron chi connectivity index (χ2n) is 3.70. The summed E-state index contributed by atoms with van der Waals surface area (Å²) >= 11 is 0. The lowest BCUT2D eigenvalue weighted by Gasteiger charge is -2.14. The number of hydrogen-bond acceptors (Lipinski definition) is 3. The highest BCUT2D eigenvalue weighted by atomic mass is 16.2. The Balaban J connectivity index is 2.68. The number of nitrogens with zero attached hydrogens (tertiary/aromatic N) is 1. The average Bonchev–Trinajstić information content (AvgIpc) is 2.48. The summed E-state index contributed by atoms with van der Waals surface area (Å²) in [5.41, 5.74) is 14.8. The van der Waals surface area contributed by atoms with Crippen LogP contribution in [-0.4, -0.2) is 22.5 Å². The predicted octanol–water partition coefficient (Wildman–Crippen LogP) is -0.622. The van der Waals surface area contributed by atoms with Crippen LogP contribution in [-0.2, 0) is 9.59 Å². The molecule has 0 fully saturated rings. The van der Waals surface area contributed by atoms with Gasteiger partial charge in [0, 0.05) is 11.4 Å². The van der Waals surface area contributed by atoms with Gasteiger partial charge < -0.3 is 11.5 Å². The van der Waals surface area contributed by atoms with Crippen LogP contribution in [0.3, 0.4) is 0 Å². The molecule has 2 amide bonds. The number of nitrogens with two attached hydrogens (primary N) is 2. The number of nitrogens with one attached hydrogen (secondary N) is 1. The minimum absolute atomic E-state index is 0.162. The van der Waals surface area contributed by atoms with Crippen molar-refractivity contribution in [2.24, 2.45) is 11.5 Å². The molecule has 16 heavy (non-hydrogen) atoms. The van der Waals surface area contributed by atoms with E-state index in [9.17, 15) is 9.59 Å². The van der Waals surface area contributed by atoms with Crippen LogP contribution >= 0.6 is 0 Å². The van der Waals surface area contributed by atoms with Gasteiger partial charge in [-0.15, -0.1) is 0 Å². The molecule has 1 rings (SSSR count). The van der Waals surface area contributed by atoms with E-state index >= 15 is 0 Å². The zero-order chi connectivity index (χ0) is 12.3. The maximum absolute atomic E-state index is 11.6. The van der Waals surface area contributed by atoms with Crippen LogP contribution in [0, 0.1) is 13.8 Å². The Morgan fingerprint density at radius 1 is 1.38 bits per heavy atom. The Morgan fingerprint density at radius 2 is 1.88 bits per heavy atom. The summed E-state index contributed by atoms with van der Waals surface area (Å²) in [5.74, 6) is -1.02. The molecule has 0 saturated heterocycles. The summed E-state index contributed by atoms with van der Waals surface area (Å²) in [6, 6.07) is 2.82. The SMILES string of the molecule is Cc1ccc(C)n1NC(=O)C(N)CC(N)=O. The van der Waals surface area contributed by atoms with Crippen LogP contribution in [0.1, 0.15) is 17.8 Å². The number of hydrogen-bond donors (Lipinski definition) is 3. The van der Waals surface area contributed by atoms with Gasteiger partial charge in [0.25, 0.3) is 5.91 Å². The molecule has 0 saturated carbocycles. The highest BCUT2D eigenvalue weighted by Crippen LogP contribution is 2.04. The molecule has 0 spiro atoms. The molecular formula is C10H16N4O2. The molecule has 0 aromatic carbocycles. The summed E-state index contributed by atoms with van der Waals surface area (Å²) in [5, 5.41) is 0. The zero-order valence-corrected chi connectivity index (χ0v) is 9.36. The first kappa shape index (κ1) is 12.3. The fraction of sp³-hybridized carbons (Fsp3) is 0.400. The van der Waals surface area contributed by atoms with E-state index < -0.39 is 17.9 Å². The van der Waals surface area contributed by atoms with Crippen LogP contribution in [0.25, 0.3) is 0 Å². The summed E-state index contributed by atoms with van der Waals surface area (Å²) in [7, 11) is 0. The predicted molar refractivity (Wildman–Crippen MR) is 60.1 cm³/mol. The lowest BCUT2D eigenvalue weighted by atomic mass is 10.2. The quantitative estimate of drug-likeness (QED) is 0.634. The summed E-state index contributed by atoms with van der Waals surface area (Å²) < 4.78 is 1.61. The van der Waals surface area contributed by atoms with Gasteiger partial charge in [0.1, 0.15) is 0 Å². The smallest absolute Gasteiger partial charge is 0.256 e. The number of carbonyl (C=O) groups excluding carboxylic acids is 2. The molecule has 0 aliphatic heterocycles. The van der Waals surface area contributed by atoms with Crippen LogP contribution in [0.4, 0.5) is 0 Å². The Bertz CT molecular complexity index is 391. The van der Waals surface area contributed by atoms with Crippen LogP contribution < -0.4 is 16.9 Å². The molecule has 6 nitrogen and oxygen atoms in total. The number of amides is 2. The second-order valence-corrected chi connectivity index (χ2v) is 3.70. The highest BCUT2D eigenvalue weighted by molar-refractivity contribution is 5.92. The Morgan fingerprint density at radius 3 is 2.31 bits per heavy atom. The summed E-state index contributed by atoms with van der Waals surface area (Å²) in [6.07, 6.45) is -0.162. The van der Waals surface area contributed by atoms with E-state index in [2.05, 4.69) is 5.43 Å². The number of carbonyl (C=O) groups is 2. The van der Waals surface area contributed by atoms with Crippen molar-refractivity contribution in [3.63, 3.8) is 0 Å². The third-order valence-electron chi connectivity index (χ3n) is 2.25. The van der Waals surface area contributed by atoms with E-state index in [1.807, 2.05) is 26.0 Å². The molecule has 1 atom stereocenters. The van der Waals surface area contributed by atoms with Gasteiger partial charge in [-0.2, -0.15) is 0 Å². The van der Waals surface area contributed by atoms with Gasteiger partial charge in [0.05, 0.1) is 12.5 Å². The van der Waals surface area contributed by atoms with Gasteiger partial charge in [0.15, 0.2) is 0 Å². The topological polar surface area (TPSA) is 103 Å². The monoisotopic (exact) mass is 224 g/mol. The molecular weight excluding hydrogens is 208 g/mol. The number of aromatic nitrogens is 1. The van der Waals surface area contributed by atoms with E-state index in [-0.39, 0.29) is 6.42 Å². The third kappa shape index (κ3) is 2.83. The van der Waals surface area contributed by atoms with Crippen molar-refractivity contribution in [1.82, 2.24) is 4.68 Å². The number of primary amides is 1. The molecule has 0 bridgehead atoms. The van der Waals surface area contributed by atoms with Crippen molar-refractivity contribution in [2.75, 3.05) is 5.43 Å². The van der Waals surface area contributed by atoms with Crippen molar-refractivity contribution in [1.29, 1.82) is 0 Å². The second kappa shape index (κ2) is 4.80. The van der Waals surface area contributed by atoms with Crippen LogP contribution in [0.2, 0.25) is 0 Å². The lowest BCUT2D eigenvalue weighted by Crippen LogP contribution is -2.42. The first-order valence-corrected chi connectivity index (χ1v) is 4.91. The van der Waals surface area contributed by atoms with Gasteiger partial charge in [-0.3, -0.25) is 19.7 Å². The maximum Gasteiger partial charge on any atom is 0.256 e. The number of rotatable bonds is 4. The standard InChI is InChI=1S/C10H16N4O2/c1-6-3-4-7(2)14(6)13-10(16)8(11)5-9(12)15/h3-4,8H,5,11H2,1-2H3,(H2,12,15)(H,13,16). The first-order chi connectivity index (χ1) is 7.41. The minimum atomic E-state index is -0.918. The third-order valence-corrected chi connectivity index (χ3v) is 2.25. The Kier molecular flexibility index (Phi) is 3.68. The molecule has 0 radical (unpaired) electrons. The Hall–Kier alpha value is -1.82. The first-order valence-electron chi connectivity index (χ1n) is 4.91. The zero-order valence-electron chi connectivity index (χ0n) is 9.36. The van der Waals surface area contributed by atoms with E-state index in [0.717, 1.165) is 11.4 Å². The fourth-order valence-electron chi connectivity index (χ4n) is 1.35. The fourth-order valence-corrected chi connectivity index (χ4v) is 1.35. The maximum atomic E-state index is 11.6. The van der Waals surface area contributed by atoms with Crippen LogP contribution in [0.15, 0.2) is 12.1 Å². The van der Waals surface area contributed by atoms with Crippen molar-refractivity contribution in [3.8, 4) is 0 Å². The highest BCUT2D eigenvalue weighted by Gasteiger charge is 2.16. The number of aryl methyl sites for hydroxylation is 2. The summed E-state index contributed by atoms with van der Waals surface area (Å²) in [6.45, 7) is 3.71. The van der Waals surface area contributed by atoms with Crippen molar-refractivity contribution >= 4 is 11.8 Å². The molecule has 1 aromatic heterocycles. The van der Waals surface area contributed by atoms with Crippen LogP contribution in [0.5, 0.6) is 0 Å². The lowest BCUT2D eigenvalue weighted by molar-refractivity contribution is -0.123. The molecule has 1 aromatic rings. The van der Waals surface area contributed by atoms with Crippen molar-refractivity contribution in [3.05, 3.63) is 23.5 Å². The molecule has 1 heterocycles. The van der Waals surface area contributed by atoms with E-state index in [4.69, 9.17) is 11.5 Å². The van der Waals surface area contributed by atoms with Crippen molar-refractivity contribution < 1.29 is 9.59 Å². The normalized spacial score (nSPS) is 12.2. The molecule has 0 aliphatic rings. The van der Waals surface area contributed by atoms with E-state index in [0.29, 0.717) is 0 Å². The molecule has 5 N–H and O–H groups in total. The van der Waals surface area contributed by atoms with Gasteiger partial charge >= 0.3 is 0 Å². The van der Waals surface area contributed by atoms with Gasteiger partial charge in [-0.1, -0.05) is 0 Å². The Labute approximate surface area is 93.6 Å². The van der Waals surface area contributed by atoms with Gasteiger partial charge in [-0.05, 0) is 26.0 Å². The minimum Gasteiger partial charge on any atom is -0.370 e. The average molecular weight is 224 g/mol. The van der Waals surface area contributed by atoms with Gasteiger partial charge in [0.2, 0.25) is 5.91 Å². The molecule has 88 valence electrons. The van der Waals surface area contributed by atoms with Gasteiger partial charge in [-0.25, -0.2) is 0 Å². The summed E-state index contributed by atoms with van der Waals surface area (Å²) in [4.78, 5) is 22.2. The van der Waals surface area contributed by atoms with Crippen molar-refractivity contribution in [2.45, 2.75) is 26.3 Å². The van der Waals surface area contributed by atoms with E-state index in [1.54, 1.807) is 4.68 Å². The molecule has 6 heteroatoms. The van der Waals surface area contributed by atoms with E-state index in [1.165, 1.54) is 0 Å². The molecule has 1 unspecified atom stereocenters.